The van der Waals surface area contributed by atoms with E-state index < -0.39 is 29.4 Å². The lowest BCUT2D eigenvalue weighted by Gasteiger charge is -2.27. The lowest BCUT2D eigenvalue weighted by molar-refractivity contribution is -0.140. The third-order valence-corrected chi connectivity index (χ3v) is 3.70. The molecule has 1 fully saturated rings. The topological polar surface area (TPSA) is 55.1 Å². The molecule has 0 heterocycles. The number of nitrogens with two attached hydrogens (primary N) is 1. The van der Waals surface area contributed by atoms with Gasteiger partial charge < -0.3 is 11.1 Å². The van der Waals surface area contributed by atoms with Crippen LogP contribution < -0.4 is 11.1 Å². The molecule has 7 heteroatoms. The summed E-state index contributed by atoms with van der Waals surface area (Å²) in [5.41, 5.74) is 4.38. The zero-order chi connectivity index (χ0) is 15.6. The summed E-state index contributed by atoms with van der Waals surface area (Å²) >= 11 is 0. The fourth-order valence-electron chi connectivity index (χ4n) is 2.54. The number of anilines is 1. The van der Waals surface area contributed by atoms with E-state index in [1.165, 1.54) is 0 Å². The molecule has 21 heavy (non-hydrogen) atoms. The van der Waals surface area contributed by atoms with Gasteiger partial charge in [0, 0.05) is 11.7 Å². The van der Waals surface area contributed by atoms with E-state index in [-0.39, 0.29) is 11.7 Å². The minimum atomic E-state index is -4.80. The van der Waals surface area contributed by atoms with Crippen molar-refractivity contribution in [3.05, 3.63) is 29.6 Å². The highest BCUT2D eigenvalue weighted by atomic mass is 19.4. The number of halogens is 4. The lowest BCUT2D eigenvalue weighted by atomic mass is 9.84. The molecule has 2 rings (SSSR count). The van der Waals surface area contributed by atoms with Crippen LogP contribution in [0.25, 0.3) is 0 Å². The first-order valence-electron chi connectivity index (χ1n) is 6.72. The maximum Gasteiger partial charge on any atom is 0.419 e. The number of carbonyl (C=O) groups is 1. The molecule has 2 unspecified atom stereocenters. The first kappa shape index (κ1) is 15.8. The standard InChI is InChI=1S/C14H16F4N2O/c15-11-6-5-8(7-10(11)14(16,17)18)20-13(21)9-3-1-2-4-12(9)19/h5-7,9,12H,1-4,19H2,(H,20,21). The summed E-state index contributed by atoms with van der Waals surface area (Å²) in [6.45, 7) is 0. The second-order valence-corrected chi connectivity index (χ2v) is 5.24. The summed E-state index contributed by atoms with van der Waals surface area (Å²) in [6, 6.07) is 2.11. The summed E-state index contributed by atoms with van der Waals surface area (Å²) in [5, 5.41) is 2.40. The Morgan fingerprint density at radius 2 is 1.90 bits per heavy atom. The second kappa shape index (κ2) is 6.01. The quantitative estimate of drug-likeness (QED) is 0.824. The van der Waals surface area contributed by atoms with Crippen LogP contribution in [-0.4, -0.2) is 11.9 Å². The summed E-state index contributed by atoms with van der Waals surface area (Å²) in [6.07, 6.45) is -1.66. The monoisotopic (exact) mass is 304 g/mol. The van der Waals surface area contributed by atoms with Crippen LogP contribution in [0.15, 0.2) is 18.2 Å². The van der Waals surface area contributed by atoms with Crippen LogP contribution in [0, 0.1) is 11.7 Å². The van der Waals surface area contributed by atoms with Crippen molar-refractivity contribution in [1.29, 1.82) is 0 Å². The molecule has 0 saturated heterocycles. The Labute approximate surface area is 119 Å². The van der Waals surface area contributed by atoms with Crippen molar-refractivity contribution >= 4 is 11.6 Å². The minimum absolute atomic E-state index is 0.0773. The van der Waals surface area contributed by atoms with Crippen LogP contribution in [-0.2, 0) is 11.0 Å². The van der Waals surface area contributed by atoms with E-state index in [0.29, 0.717) is 18.6 Å². The lowest BCUT2D eigenvalue weighted by Crippen LogP contribution is -2.40. The van der Waals surface area contributed by atoms with Gasteiger partial charge in [-0.15, -0.1) is 0 Å². The largest absolute Gasteiger partial charge is 0.419 e. The van der Waals surface area contributed by atoms with Gasteiger partial charge in [0.05, 0.1) is 11.5 Å². The minimum Gasteiger partial charge on any atom is -0.327 e. The van der Waals surface area contributed by atoms with Crippen molar-refractivity contribution in [2.24, 2.45) is 11.7 Å². The Morgan fingerprint density at radius 3 is 2.52 bits per heavy atom. The van der Waals surface area contributed by atoms with E-state index in [0.717, 1.165) is 25.3 Å². The molecular formula is C14H16F4N2O. The van der Waals surface area contributed by atoms with Gasteiger partial charge in [0.2, 0.25) is 5.91 Å². The highest BCUT2D eigenvalue weighted by Crippen LogP contribution is 2.33. The molecular weight excluding hydrogens is 288 g/mol. The number of amides is 1. The van der Waals surface area contributed by atoms with Gasteiger partial charge in [-0.25, -0.2) is 4.39 Å². The van der Waals surface area contributed by atoms with Gasteiger partial charge in [0.1, 0.15) is 5.82 Å². The van der Waals surface area contributed by atoms with Gasteiger partial charge in [-0.2, -0.15) is 13.2 Å². The average molecular weight is 304 g/mol. The van der Waals surface area contributed by atoms with E-state index in [4.69, 9.17) is 5.73 Å². The van der Waals surface area contributed by atoms with Gasteiger partial charge in [0.25, 0.3) is 0 Å². The molecule has 1 amide bonds. The number of carbonyl (C=O) groups excluding carboxylic acids is 1. The van der Waals surface area contributed by atoms with Crippen LogP contribution in [0.4, 0.5) is 23.2 Å². The molecule has 3 nitrogen and oxygen atoms in total. The Kier molecular flexibility index (Phi) is 4.51. The van der Waals surface area contributed by atoms with E-state index in [2.05, 4.69) is 5.32 Å². The number of benzene rings is 1. The Hall–Kier alpha value is -1.63. The predicted octanol–water partition coefficient (Wildman–Crippen LogP) is 3.30. The molecule has 0 bridgehead atoms. The van der Waals surface area contributed by atoms with E-state index in [9.17, 15) is 22.4 Å². The van der Waals surface area contributed by atoms with Crippen LogP contribution in [0.1, 0.15) is 31.2 Å². The summed E-state index contributed by atoms with van der Waals surface area (Å²) in [5.74, 6) is -2.20. The Bertz CT molecular complexity index is 530. The van der Waals surface area contributed by atoms with Crippen LogP contribution in [0.3, 0.4) is 0 Å². The number of hydrogen-bond acceptors (Lipinski definition) is 2. The fourth-order valence-corrected chi connectivity index (χ4v) is 2.54. The molecule has 2 atom stereocenters. The van der Waals surface area contributed by atoms with E-state index >= 15 is 0 Å². The molecule has 0 aromatic heterocycles. The predicted molar refractivity (Wildman–Crippen MR) is 70.0 cm³/mol. The van der Waals surface area contributed by atoms with Crippen molar-refractivity contribution in [2.45, 2.75) is 37.9 Å². The smallest absolute Gasteiger partial charge is 0.327 e. The molecule has 1 aliphatic rings. The number of hydrogen-bond donors (Lipinski definition) is 2. The fraction of sp³-hybridized carbons (Fsp3) is 0.500. The summed E-state index contributed by atoms with van der Waals surface area (Å²) < 4.78 is 51.0. The number of nitrogens with one attached hydrogen (secondary N) is 1. The highest BCUT2D eigenvalue weighted by Gasteiger charge is 2.35. The Morgan fingerprint density at radius 1 is 1.24 bits per heavy atom. The van der Waals surface area contributed by atoms with Crippen molar-refractivity contribution < 1.29 is 22.4 Å². The highest BCUT2D eigenvalue weighted by molar-refractivity contribution is 5.93. The van der Waals surface area contributed by atoms with Crippen molar-refractivity contribution in [3.63, 3.8) is 0 Å². The van der Waals surface area contributed by atoms with Gasteiger partial charge in [-0.05, 0) is 31.0 Å². The van der Waals surface area contributed by atoms with Crippen molar-refractivity contribution in [3.8, 4) is 0 Å². The third kappa shape index (κ3) is 3.72. The zero-order valence-corrected chi connectivity index (χ0v) is 11.2. The number of alkyl halides is 3. The SMILES string of the molecule is NC1CCCCC1C(=O)Nc1ccc(F)c(C(F)(F)F)c1. The molecule has 0 aliphatic heterocycles. The molecule has 1 aliphatic carbocycles. The Balaban J connectivity index is 2.14. The van der Waals surface area contributed by atoms with Gasteiger partial charge in [-0.3, -0.25) is 4.79 Å². The number of rotatable bonds is 2. The molecule has 116 valence electrons. The van der Waals surface area contributed by atoms with Crippen LogP contribution in [0.2, 0.25) is 0 Å². The summed E-state index contributed by atoms with van der Waals surface area (Å²) in [7, 11) is 0. The van der Waals surface area contributed by atoms with E-state index in [1.807, 2.05) is 0 Å². The van der Waals surface area contributed by atoms with Crippen molar-refractivity contribution in [1.82, 2.24) is 0 Å². The van der Waals surface area contributed by atoms with Crippen LogP contribution >= 0.6 is 0 Å². The van der Waals surface area contributed by atoms with Crippen molar-refractivity contribution in [2.75, 3.05) is 5.32 Å². The first-order valence-corrected chi connectivity index (χ1v) is 6.72. The zero-order valence-electron chi connectivity index (χ0n) is 11.2. The maximum absolute atomic E-state index is 13.2. The van der Waals surface area contributed by atoms with Gasteiger partial charge in [-0.1, -0.05) is 12.8 Å². The van der Waals surface area contributed by atoms with E-state index in [1.54, 1.807) is 0 Å². The molecule has 3 N–H and O–H groups in total. The molecule has 1 saturated carbocycles. The summed E-state index contributed by atoms with van der Waals surface area (Å²) in [4.78, 5) is 12.1. The molecule has 1 aromatic rings. The van der Waals surface area contributed by atoms with Crippen LogP contribution in [0.5, 0.6) is 0 Å². The average Bonchev–Trinajstić information content (AvgIpc) is 2.40. The van der Waals surface area contributed by atoms with Gasteiger partial charge >= 0.3 is 6.18 Å². The maximum atomic E-state index is 13.2. The molecule has 0 spiro atoms. The second-order valence-electron chi connectivity index (χ2n) is 5.24. The molecule has 1 aromatic carbocycles. The van der Waals surface area contributed by atoms with Gasteiger partial charge in [0.15, 0.2) is 0 Å². The molecule has 0 radical (unpaired) electrons. The normalized spacial score (nSPS) is 22.9. The third-order valence-electron chi connectivity index (χ3n) is 3.70. The first-order chi connectivity index (χ1) is 9.79.